The van der Waals surface area contributed by atoms with E-state index in [2.05, 4.69) is 0 Å². The van der Waals surface area contributed by atoms with Gasteiger partial charge in [0.05, 0.1) is 13.2 Å². The fraction of sp³-hybridized carbons (Fsp3) is 1.00. The molecule has 0 aliphatic carbocycles. The van der Waals surface area contributed by atoms with Crippen LogP contribution in [0, 0.1) is 0 Å². The van der Waals surface area contributed by atoms with Crippen LogP contribution in [0.5, 0.6) is 0 Å². The van der Waals surface area contributed by atoms with E-state index in [9.17, 15) is 35.7 Å². The second-order valence-electron chi connectivity index (χ2n) is 5.53. The third-order valence-electron chi connectivity index (χ3n) is 3.98. The van der Waals surface area contributed by atoms with Gasteiger partial charge in [-0.15, -0.1) is 0 Å². The SMILES string of the molecule is OC[C@H]1O[C@@H](O[C@H]2[C@H](O)[C@@H](O)C(O)O[C@@H]2CO)[C@H](O)[C@@H](O)[C@H]1O.[Ca+2].[Ca+2].[H-].[H-].[H-].[H-]. The molecule has 11 nitrogen and oxygen atoms in total. The molecule has 144 valence electrons. The van der Waals surface area contributed by atoms with E-state index < -0.39 is 74.6 Å². The molecule has 2 rings (SSSR count). The van der Waals surface area contributed by atoms with Gasteiger partial charge in [0.25, 0.3) is 0 Å². The second kappa shape index (κ2) is 11.9. The smallest absolute Gasteiger partial charge is 1.00 e. The number of hydrogen-bond acceptors (Lipinski definition) is 11. The summed E-state index contributed by atoms with van der Waals surface area (Å²) in [5.74, 6) is 0. The van der Waals surface area contributed by atoms with Gasteiger partial charge in [-0.2, -0.15) is 0 Å². The predicted octanol–water partition coefficient (Wildman–Crippen LogP) is -5.71. The van der Waals surface area contributed by atoms with Crippen LogP contribution in [-0.2, 0) is 14.2 Å². The normalized spacial score (nSPS) is 47.5. The summed E-state index contributed by atoms with van der Waals surface area (Å²) >= 11 is 0. The van der Waals surface area contributed by atoms with Crippen molar-refractivity contribution in [2.75, 3.05) is 13.2 Å². The maximum Gasteiger partial charge on any atom is 2.00 e. The van der Waals surface area contributed by atoms with Crippen molar-refractivity contribution >= 4 is 75.5 Å². The van der Waals surface area contributed by atoms with Gasteiger partial charge in [0.1, 0.15) is 48.8 Å². The molecule has 0 radical (unpaired) electrons. The first-order valence-corrected chi connectivity index (χ1v) is 7.08. The molecule has 0 aromatic heterocycles. The third kappa shape index (κ3) is 6.03. The van der Waals surface area contributed by atoms with Crippen molar-refractivity contribution in [3.8, 4) is 0 Å². The van der Waals surface area contributed by atoms with Crippen LogP contribution in [0.15, 0.2) is 0 Å². The quantitative estimate of drug-likeness (QED) is 0.200. The zero-order chi connectivity index (χ0) is 17.3. The van der Waals surface area contributed by atoms with Crippen LogP contribution < -0.4 is 0 Å². The van der Waals surface area contributed by atoms with Gasteiger partial charge in [-0.3, -0.25) is 0 Å². The molecule has 2 fully saturated rings. The average molecular weight is 426 g/mol. The molecule has 0 aromatic carbocycles. The monoisotopic (exact) mass is 426 g/mol. The van der Waals surface area contributed by atoms with Crippen LogP contribution in [-0.4, -0.2) is 191 Å². The molecule has 10 atom stereocenters. The number of ether oxygens (including phenoxy) is 3. The van der Waals surface area contributed by atoms with Gasteiger partial charge in [-0.05, 0) is 0 Å². The minimum atomic E-state index is -1.74. The first kappa shape index (κ1) is 27.1. The Balaban J connectivity index is -0.000000320. The molecule has 0 aromatic rings. The Morgan fingerprint density at radius 2 is 1.24 bits per heavy atom. The van der Waals surface area contributed by atoms with E-state index in [1.165, 1.54) is 0 Å². The third-order valence-corrected chi connectivity index (χ3v) is 3.98. The summed E-state index contributed by atoms with van der Waals surface area (Å²) in [7, 11) is 0. The number of rotatable bonds is 4. The van der Waals surface area contributed by atoms with Crippen molar-refractivity contribution in [3.63, 3.8) is 0 Å². The molecule has 25 heavy (non-hydrogen) atoms. The van der Waals surface area contributed by atoms with Gasteiger partial charge in [0.15, 0.2) is 12.6 Å². The van der Waals surface area contributed by atoms with E-state index >= 15 is 0 Å². The van der Waals surface area contributed by atoms with Crippen molar-refractivity contribution in [2.45, 2.75) is 61.4 Å². The summed E-state index contributed by atoms with van der Waals surface area (Å²) in [5, 5.41) is 76.5. The zero-order valence-corrected chi connectivity index (χ0v) is 17.8. The zero-order valence-electron chi connectivity index (χ0n) is 17.4. The molecule has 2 aliphatic rings. The standard InChI is InChI=1S/C12H22O11.2Ca.4H/c13-1-3-5(15)6(16)9(19)12(22-3)23-10-4(2-14)21-11(20)8(18)7(10)17;;;;;;/h3-20H,1-2H2;;;;;;/q;2*+2;4*-1/t3-,4-,5+,6+,7-,8-,9-,10-,11?,12+;;;;;;/m1....../s1. The van der Waals surface area contributed by atoms with Crippen LogP contribution >= 0.6 is 0 Å². The van der Waals surface area contributed by atoms with Gasteiger partial charge in [0.2, 0.25) is 0 Å². The Morgan fingerprint density at radius 1 is 0.680 bits per heavy atom. The van der Waals surface area contributed by atoms with E-state index in [4.69, 9.17) is 19.3 Å². The van der Waals surface area contributed by atoms with Crippen LogP contribution in [0.3, 0.4) is 0 Å². The summed E-state index contributed by atoms with van der Waals surface area (Å²) < 4.78 is 15.3. The second-order valence-corrected chi connectivity index (χ2v) is 5.53. The van der Waals surface area contributed by atoms with Crippen molar-refractivity contribution in [2.24, 2.45) is 0 Å². The average Bonchev–Trinajstić information content (AvgIpc) is 2.55. The Labute approximate surface area is 209 Å². The van der Waals surface area contributed by atoms with Crippen molar-refractivity contribution in [1.82, 2.24) is 0 Å². The maximum absolute atomic E-state index is 9.94. The van der Waals surface area contributed by atoms with Crippen LogP contribution in [0.4, 0.5) is 0 Å². The maximum atomic E-state index is 9.94. The van der Waals surface area contributed by atoms with E-state index in [0.29, 0.717) is 0 Å². The van der Waals surface area contributed by atoms with Crippen LogP contribution in [0.1, 0.15) is 5.71 Å². The van der Waals surface area contributed by atoms with Crippen LogP contribution in [0.25, 0.3) is 0 Å². The first-order valence-electron chi connectivity index (χ1n) is 7.08. The number of hydrogen-bond donors (Lipinski definition) is 8. The molecule has 8 N–H and O–H groups in total. The van der Waals surface area contributed by atoms with Gasteiger partial charge in [-0.25, -0.2) is 0 Å². The fourth-order valence-corrected chi connectivity index (χ4v) is 2.57. The number of aliphatic hydroxyl groups is 8. The summed E-state index contributed by atoms with van der Waals surface area (Å²) in [6.07, 6.45) is -15.6. The van der Waals surface area contributed by atoms with E-state index in [-0.39, 0.29) is 81.2 Å². The van der Waals surface area contributed by atoms with Crippen molar-refractivity contribution < 1.29 is 60.8 Å². The molecular weight excluding hydrogens is 400 g/mol. The topological polar surface area (TPSA) is 190 Å². The summed E-state index contributed by atoms with van der Waals surface area (Å²) in [4.78, 5) is 0. The van der Waals surface area contributed by atoms with Crippen molar-refractivity contribution in [3.05, 3.63) is 0 Å². The molecule has 0 bridgehead atoms. The fourth-order valence-electron chi connectivity index (χ4n) is 2.57. The summed E-state index contributed by atoms with van der Waals surface area (Å²) in [5.41, 5.74) is 0. The van der Waals surface area contributed by atoms with Gasteiger partial charge < -0.3 is 60.8 Å². The largest absolute Gasteiger partial charge is 2.00 e. The molecule has 0 spiro atoms. The molecule has 0 saturated carbocycles. The van der Waals surface area contributed by atoms with Gasteiger partial charge in [-0.1, -0.05) is 0 Å². The Hall–Kier alpha value is 2.08. The van der Waals surface area contributed by atoms with Crippen LogP contribution in [0.2, 0.25) is 0 Å². The van der Waals surface area contributed by atoms with Gasteiger partial charge >= 0.3 is 75.5 Å². The molecule has 13 heteroatoms. The molecule has 2 heterocycles. The van der Waals surface area contributed by atoms with E-state index in [1.807, 2.05) is 0 Å². The summed E-state index contributed by atoms with van der Waals surface area (Å²) in [6, 6.07) is 0. The molecule has 2 aliphatic heterocycles. The Kier molecular flexibility index (Phi) is 12.9. The number of aliphatic hydroxyl groups excluding tert-OH is 8. The molecule has 0 amide bonds. The predicted molar refractivity (Wildman–Crippen MR) is 84.6 cm³/mol. The summed E-state index contributed by atoms with van der Waals surface area (Å²) in [6.45, 7) is -1.35. The molecule has 2 saturated heterocycles. The Bertz CT molecular complexity index is 405. The van der Waals surface area contributed by atoms with E-state index in [1.54, 1.807) is 0 Å². The minimum Gasteiger partial charge on any atom is -1.00 e. The first-order chi connectivity index (χ1) is 10.8. The van der Waals surface area contributed by atoms with Crippen molar-refractivity contribution in [1.29, 1.82) is 0 Å². The molecular formula is C12H26Ca2O11. The Morgan fingerprint density at radius 3 is 1.76 bits per heavy atom. The minimum absolute atomic E-state index is 0. The van der Waals surface area contributed by atoms with E-state index in [0.717, 1.165) is 0 Å². The molecule has 1 unspecified atom stereocenters. The van der Waals surface area contributed by atoms with Gasteiger partial charge in [0, 0.05) is 0 Å².